The Hall–Kier alpha value is -1.02. The fourth-order valence-corrected chi connectivity index (χ4v) is 2.02. The first-order chi connectivity index (χ1) is 7.60. The zero-order chi connectivity index (χ0) is 12.1. The molecule has 0 unspecified atom stereocenters. The third kappa shape index (κ3) is 2.99. The quantitative estimate of drug-likeness (QED) is 0.826. The maximum atomic E-state index is 9.42. The molecule has 1 aromatic rings. The van der Waals surface area contributed by atoms with Crippen LogP contribution >= 0.6 is 0 Å². The van der Waals surface area contributed by atoms with Crippen LogP contribution in [0.15, 0.2) is 18.2 Å². The number of hydrogen-bond acceptors (Lipinski definition) is 2. The monoisotopic (exact) mass is 221 g/mol. The molecule has 0 heterocycles. The summed E-state index contributed by atoms with van der Waals surface area (Å²) in [6.45, 7) is 9.77. The third-order valence-corrected chi connectivity index (χ3v) is 2.80. The van der Waals surface area contributed by atoms with Crippen molar-refractivity contribution in [3.8, 4) is 0 Å². The van der Waals surface area contributed by atoms with Crippen LogP contribution in [-0.4, -0.2) is 17.7 Å². The predicted molar refractivity (Wildman–Crippen MR) is 69.9 cm³/mol. The summed E-state index contributed by atoms with van der Waals surface area (Å²) in [5.41, 5.74) is 3.40. The van der Waals surface area contributed by atoms with Crippen molar-refractivity contribution >= 4 is 5.69 Å². The second-order valence-corrected chi connectivity index (χ2v) is 4.58. The van der Waals surface area contributed by atoms with Crippen molar-refractivity contribution in [2.75, 3.05) is 11.4 Å². The molecule has 0 aliphatic rings. The number of nitrogens with zero attached hydrogens (tertiary/aromatic N) is 1. The summed E-state index contributed by atoms with van der Waals surface area (Å²) in [6, 6.07) is 6.77. The normalized spacial score (nSPS) is 10.9. The number of hydrogen-bond donors (Lipinski definition) is 1. The average molecular weight is 221 g/mol. The predicted octanol–water partition coefficient (Wildman–Crippen LogP) is 3.11. The minimum atomic E-state index is 0.115. The van der Waals surface area contributed by atoms with Gasteiger partial charge < -0.3 is 10.0 Å². The number of aliphatic hydroxyl groups is 1. The van der Waals surface area contributed by atoms with Gasteiger partial charge >= 0.3 is 0 Å². The lowest BCUT2D eigenvalue weighted by Gasteiger charge is -2.30. The molecule has 2 nitrogen and oxygen atoms in total. The van der Waals surface area contributed by atoms with Crippen LogP contribution < -0.4 is 4.90 Å². The van der Waals surface area contributed by atoms with Crippen LogP contribution in [0.1, 0.15) is 38.3 Å². The molecule has 16 heavy (non-hydrogen) atoms. The Balaban J connectivity index is 3.07. The van der Waals surface area contributed by atoms with Crippen LogP contribution in [0.5, 0.6) is 0 Å². The van der Waals surface area contributed by atoms with Gasteiger partial charge in [-0.25, -0.2) is 0 Å². The molecule has 1 N–H and O–H groups in total. The molecule has 0 saturated carbocycles. The van der Waals surface area contributed by atoms with Crippen molar-refractivity contribution in [3.05, 3.63) is 29.3 Å². The van der Waals surface area contributed by atoms with Crippen LogP contribution in [-0.2, 0) is 6.61 Å². The Labute approximate surface area is 98.9 Å². The summed E-state index contributed by atoms with van der Waals surface area (Å²) in [5, 5.41) is 9.42. The topological polar surface area (TPSA) is 23.5 Å². The van der Waals surface area contributed by atoms with Crippen molar-refractivity contribution in [1.82, 2.24) is 0 Å². The Morgan fingerprint density at radius 3 is 2.50 bits per heavy atom. The summed E-state index contributed by atoms with van der Waals surface area (Å²) < 4.78 is 0. The Kier molecular flexibility index (Phi) is 4.81. The van der Waals surface area contributed by atoms with E-state index in [1.165, 1.54) is 11.3 Å². The minimum Gasteiger partial charge on any atom is -0.392 e. The summed E-state index contributed by atoms with van der Waals surface area (Å²) >= 11 is 0. The highest BCUT2D eigenvalue weighted by molar-refractivity contribution is 5.55. The number of anilines is 1. The number of rotatable bonds is 5. The van der Waals surface area contributed by atoms with Gasteiger partial charge in [0.15, 0.2) is 0 Å². The first kappa shape index (κ1) is 13.0. The molecule has 0 saturated heterocycles. The van der Waals surface area contributed by atoms with E-state index in [2.05, 4.69) is 50.8 Å². The van der Waals surface area contributed by atoms with Crippen molar-refractivity contribution in [1.29, 1.82) is 0 Å². The van der Waals surface area contributed by atoms with E-state index in [0.29, 0.717) is 6.04 Å². The van der Waals surface area contributed by atoms with Crippen molar-refractivity contribution < 1.29 is 5.11 Å². The standard InChI is InChI=1S/C14H23NO/c1-5-8-15(11(2)3)14-7-6-12(4)9-13(14)10-16/h6-7,9,11,16H,5,8,10H2,1-4H3. The molecule has 0 bridgehead atoms. The van der Waals surface area contributed by atoms with Crippen LogP contribution in [0.4, 0.5) is 5.69 Å². The molecule has 0 fully saturated rings. The molecule has 1 rings (SSSR count). The summed E-state index contributed by atoms with van der Waals surface area (Å²) in [6.07, 6.45) is 1.12. The fourth-order valence-electron chi connectivity index (χ4n) is 2.02. The van der Waals surface area contributed by atoms with E-state index in [-0.39, 0.29) is 6.61 Å². The maximum absolute atomic E-state index is 9.42. The molecule has 0 aromatic heterocycles. The zero-order valence-electron chi connectivity index (χ0n) is 10.8. The number of benzene rings is 1. The van der Waals surface area contributed by atoms with Gasteiger partial charge in [-0.15, -0.1) is 0 Å². The van der Waals surface area contributed by atoms with Gasteiger partial charge in [-0.1, -0.05) is 24.6 Å². The van der Waals surface area contributed by atoms with Gasteiger partial charge in [0, 0.05) is 23.8 Å². The van der Waals surface area contributed by atoms with Gasteiger partial charge in [-0.3, -0.25) is 0 Å². The molecular formula is C14H23NO. The molecular weight excluding hydrogens is 198 g/mol. The summed E-state index contributed by atoms with van der Waals surface area (Å²) in [7, 11) is 0. The van der Waals surface area contributed by atoms with E-state index >= 15 is 0 Å². The van der Waals surface area contributed by atoms with E-state index in [1.54, 1.807) is 0 Å². The van der Waals surface area contributed by atoms with Gasteiger partial charge in [0.1, 0.15) is 0 Å². The summed E-state index contributed by atoms with van der Waals surface area (Å²) in [5.74, 6) is 0. The second-order valence-electron chi connectivity index (χ2n) is 4.58. The Bertz CT molecular complexity index is 334. The van der Waals surface area contributed by atoms with Crippen molar-refractivity contribution in [2.45, 2.75) is 46.8 Å². The van der Waals surface area contributed by atoms with Crippen LogP contribution in [0.25, 0.3) is 0 Å². The number of aliphatic hydroxyl groups excluding tert-OH is 1. The number of aryl methyl sites for hydroxylation is 1. The Morgan fingerprint density at radius 1 is 1.31 bits per heavy atom. The van der Waals surface area contributed by atoms with E-state index in [9.17, 15) is 5.11 Å². The van der Waals surface area contributed by atoms with Crippen LogP contribution in [0, 0.1) is 6.92 Å². The molecule has 90 valence electrons. The maximum Gasteiger partial charge on any atom is 0.0702 e. The fraction of sp³-hybridized carbons (Fsp3) is 0.571. The smallest absolute Gasteiger partial charge is 0.0702 e. The lowest BCUT2D eigenvalue weighted by molar-refractivity contribution is 0.282. The first-order valence-corrected chi connectivity index (χ1v) is 6.07. The van der Waals surface area contributed by atoms with E-state index in [0.717, 1.165) is 18.5 Å². The molecule has 1 aromatic carbocycles. The minimum absolute atomic E-state index is 0.115. The van der Waals surface area contributed by atoms with Gasteiger partial charge in [0.25, 0.3) is 0 Å². The van der Waals surface area contributed by atoms with E-state index in [1.807, 2.05) is 0 Å². The highest BCUT2D eigenvalue weighted by Gasteiger charge is 2.13. The molecule has 0 aliphatic carbocycles. The SMILES string of the molecule is CCCN(c1ccc(C)cc1CO)C(C)C. The third-order valence-electron chi connectivity index (χ3n) is 2.80. The van der Waals surface area contributed by atoms with Crippen molar-refractivity contribution in [2.24, 2.45) is 0 Å². The lowest BCUT2D eigenvalue weighted by atomic mass is 10.1. The largest absolute Gasteiger partial charge is 0.392 e. The molecule has 0 aliphatic heterocycles. The van der Waals surface area contributed by atoms with E-state index in [4.69, 9.17) is 0 Å². The summed E-state index contributed by atoms with van der Waals surface area (Å²) in [4.78, 5) is 2.35. The highest BCUT2D eigenvalue weighted by Crippen LogP contribution is 2.24. The molecule has 0 spiro atoms. The van der Waals surface area contributed by atoms with Gasteiger partial charge in [0.05, 0.1) is 6.61 Å². The van der Waals surface area contributed by atoms with Gasteiger partial charge in [0.2, 0.25) is 0 Å². The second kappa shape index (κ2) is 5.90. The molecule has 0 amide bonds. The zero-order valence-corrected chi connectivity index (χ0v) is 10.8. The molecule has 0 atom stereocenters. The first-order valence-electron chi connectivity index (χ1n) is 6.07. The van der Waals surface area contributed by atoms with Gasteiger partial charge in [-0.2, -0.15) is 0 Å². The molecule has 0 radical (unpaired) electrons. The highest BCUT2D eigenvalue weighted by atomic mass is 16.3. The lowest BCUT2D eigenvalue weighted by Crippen LogP contribution is -2.32. The van der Waals surface area contributed by atoms with Gasteiger partial charge in [-0.05, 0) is 33.3 Å². The van der Waals surface area contributed by atoms with Crippen LogP contribution in [0.2, 0.25) is 0 Å². The van der Waals surface area contributed by atoms with Crippen LogP contribution in [0.3, 0.4) is 0 Å². The Morgan fingerprint density at radius 2 is 2.00 bits per heavy atom. The van der Waals surface area contributed by atoms with E-state index < -0.39 is 0 Å². The average Bonchev–Trinajstić information content (AvgIpc) is 2.26. The van der Waals surface area contributed by atoms with Crippen molar-refractivity contribution in [3.63, 3.8) is 0 Å². The molecule has 2 heteroatoms.